The molecule has 0 fully saturated rings. The molecule has 0 bridgehead atoms. The third-order valence-corrected chi connectivity index (χ3v) is 3.37. The van der Waals surface area contributed by atoms with Gasteiger partial charge >= 0.3 is 0 Å². The first kappa shape index (κ1) is 12.9. The Morgan fingerprint density at radius 3 is 2.83 bits per heavy atom. The SMILES string of the molecule is CCC(C)n1ccc(CC(O)c2ccoc2C)n1. The molecule has 2 aromatic heterocycles. The van der Waals surface area contributed by atoms with Crippen molar-refractivity contribution in [3.8, 4) is 0 Å². The minimum absolute atomic E-state index is 0.395. The lowest BCUT2D eigenvalue weighted by atomic mass is 10.1. The summed E-state index contributed by atoms with van der Waals surface area (Å²) >= 11 is 0. The maximum atomic E-state index is 10.1. The zero-order valence-corrected chi connectivity index (χ0v) is 11.1. The van der Waals surface area contributed by atoms with Gasteiger partial charge in [-0.2, -0.15) is 5.10 Å². The van der Waals surface area contributed by atoms with Crippen molar-refractivity contribution in [3.63, 3.8) is 0 Å². The Morgan fingerprint density at radius 1 is 1.44 bits per heavy atom. The van der Waals surface area contributed by atoms with E-state index in [1.54, 1.807) is 6.26 Å². The van der Waals surface area contributed by atoms with E-state index in [1.807, 2.05) is 29.9 Å². The van der Waals surface area contributed by atoms with Crippen molar-refractivity contribution in [1.82, 2.24) is 9.78 Å². The highest BCUT2D eigenvalue weighted by atomic mass is 16.3. The lowest BCUT2D eigenvalue weighted by molar-refractivity contribution is 0.174. The molecule has 0 aromatic carbocycles. The number of aromatic nitrogens is 2. The van der Waals surface area contributed by atoms with Gasteiger partial charge in [0.2, 0.25) is 0 Å². The Balaban J connectivity index is 2.06. The quantitative estimate of drug-likeness (QED) is 0.884. The van der Waals surface area contributed by atoms with Crippen LogP contribution in [0.25, 0.3) is 0 Å². The molecule has 0 radical (unpaired) electrons. The molecule has 4 nitrogen and oxygen atoms in total. The Morgan fingerprint density at radius 2 is 2.22 bits per heavy atom. The Bertz CT molecular complexity index is 501. The lowest BCUT2D eigenvalue weighted by Gasteiger charge is -2.09. The summed E-state index contributed by atoms with van der Waals surface area (Å²) in [6.07, 6.45) is 4.59. The summed E-state index contributed by atoms with van der Waals surface area (Å²) in [6.45, 7) is 6.12. The highest BCUT2D eigenvalue weighted by molar-refractivity contribution is 5.20. The summed E-state index contributed by atoms with van der Waals surface area (Å²) < 4.78 is 7.15. The first-order chi connectivity index (χ1) is 8.61. The minimum atomic E-state index is -0.552. The Hall–Kier alpha value is -1.55. The molecule has 0 saturated heterocycles. The molecule has 4 heteroatoms. The summed E-state index contributed by atoms with van der Waals surface area (Å²) in [7, 11) is 0. The standard InChI is InChI=1S/C14H20N2O2/c1-4-10(2)16-7-5-12(15-16)9-14(17)13-6-8-18-11(13)3/h5-8,10,14,17H,4,9H2,1-3H3. The van der Waals surface area contributed by atoms with Gasteiger partial charge in [-0.3, -0.25) is 4.68 Å². The topological polar surface area (TPSA) is 51.2 Å². The number of aliphatic hydroxyl groups is 1. The normalized spacial score (nSPS) is 14.7. The second-order valence-electron chi connectivity index (χ2n) is 4.70. The van der Waals surface area contributed by atoms with E-state index in [-0.39, 0.29) is 0 Å². The molecular formula is C14H20N2O2. The first-order valence-electron chi connectivity index (χ1n) is 6.38. The molecular weight excluding hydrogens is 228 g/mol. The molecule has 98 valence electrons. The third kappa shape index (κ3) is 2.64. The molecule has 2 unspecified atom stereocenters. The number of hydrogen-bond donors (Lipinski definition) is 1. The second-order valence-corrected chi connectivity index (χ2v) is 4.70. The predicted octanol–water partition coefficient (Wildman–Crippen LogP) is 3.03. The summed E-state index contributed by atoms with van der Waals surface area (Å²) in [4.78, 5) is 0. The number of rotatable bonds is 5. The van der Waals surface area contributed by atoms with Crippen LogP contribution in [0, 0.1) is 6.92 Å². The fraction of sp³-hybridized carbons (Fsp3) is 0.500. The van der Waals surface area contributed by atoms with E-state index in [0.717, 1.165) is 23.4 Å². The molecule has 2 rings (SSSR count). The molecule has 0 aliphatic carbocycles. The summed E-state index contributed by atoms with van der Waals surface area (Å²) in [5.41, 5.74) is 1.75. The van der Waals surface area contributed by atoms with Crippen molar-refractivity contribution < 1.29 is 9.52 Å². The molecule has 2 heterocycles. The third-order valence-electron chi connectivity index (χ3n) is 3.37. The van der Waals surface area contributed by atoms with Crippen LogP contribution < -0.4 is 0 Å². The average Bonchev–Trinajstić information content (AvgIpc) is 2.97. The summed E-state index contributed by atoms with van der Waals surface area (Å²) in [5, 5.41) is 14.6. The van der Waals surface area contributed by atoms with E-state index in [1.165, 1.54) is 0 Å². The van der Waals surface area contributed by atoms with Crippen LogP contribution in [0.15, 0.2) is 29.0 Å². The lowest BCUT2D eigenvalue weighted by Crippen LogP contribution is -2.07. The van der Waals surface area contributed by atoms with Crippen LogP contribution in [0.5, 0.6) is 0 Å². The average molecular weight is 248 g/mol. The van der Waals surface area contributed by atoms with Crippen LogP contribution in [0.2, 0.25) is 0 Å². The molecule has 0 saturated carbocycles. The molecule has 18 heavy (non-hydrogen) atoms. The van der Waals surface area contributed by atoms with Gasteiger partial charge in [-0.15, -0.1) is 0 Å². The van der Waals surface area contributed by atoms with Crippen molar-refractivity contribution in [2.75, 3.05) is 0 Å². The van der Waals surface area contributed by atoms with Crippen molar-refractivity contribution in [1.29, 1.82) is 0 Å². The van der Waals surface area contributed by atoms with Gasteiger partial charge in [-0.05, 0) is 32.4 Å². The van der Waals surface area contributed by atoms with Crippen LogP contribution in [0.1, 0.15) is 49.4 Å². The Labute approximate surface area is 107 Å². The molecule has 0 aliphatic rings. The molecule has 2 aromatic rings. The van der Waals surface area contributed by atoms with Gasteiger partial charge < -0.3 is 9.52 Å². The number of hydrogen-bond acceptors (Lipinski definition) is 3. The van der Waals surface area contributed by atoms with E-state index in [4.69, 9.17) is 4.42 Å². The largest absolute Gasteiger partial charge is 0.469 e. The second kappa shape index (κ2) is 5.40. The fourth-order valence-corrected chi connectivity index (χ4v) is 1.97. The molecule has 0 amide bonds. The van der Waals surface area contributed by atoms with Crippen LogP contribution in [0.3, 0.4) is 0 Å². The van der Waals surface area contributed by atoms with E-state index < -0.39 is 6.10 Å². The monoisotopic (exact) mass is 248 g/mol. The van der Waals surface area contributed by atoms with Crippen LogP contribution in [0.4, 0.5) is 0 Å². The maximum Gasteiger partial charge on any atom is 0.106 e. The Kier molecular flexibility index (Phi) is 3.87. The van der Waals surface area contributed by atoms with Gasteiger partial charge in [0.1, 0.15) is 5.76 Å². The van der Waals surface area contributed by atoms with E-state index in [9.17, 15) is 5.11 Å². The van der Waals surface area contributed by atoms with Gasteiger partial charge in [0.05, 0.1) is 18.1 Å². The fourth-order valence-electron chi connectivity index (χ4n) is 1.97. The number of furan rings is 1. The smallest absolute Gasteiger partial charge is 0.106 e. The summed E-state index contributed by atoms with van der Waals surface area (Å²) in [5.74, 6) is 0.767. The number of nitrogens with zero attached hydrogens (tertiary/aromatic N) is 2. The van der Waals surface area contributed by atoms with Crippen LogP contribution in [-0.2, 0) is 6.42 Å². The van der Waals surface area contributed by atoms with E-state index in [2.05, 4.69) is 18.9 Å². The van der Waals surface area contributed by atoms with Crippen molar-refractivity contribution in [2.45, 2.75) is 45.8 Å². The van der Waals surface area contributed by atoms with Crippen molar-refractivity contribution >= 4 is 0 Å². The van der Waals surface area contributed by atoms with Gasteiger partial charge in [0.15, 0.2) is 0 Å². The molecule has 1 N–H and O–H groups in total. The molecule has 0 aliphatic heterocycles. The number of aryl methyl sites for hydroxylation is 1. The zero-order chi connectivity index (χ0) is 13.1. The van der Waals surface area contributed by atoms with Crippen molar-refractivity contribution in [3.05, 3.63) is 41.6 Å². The summed E-state index contributed by atoms with van der Waals surface area (Å²) in [6, 6.07) is 4.17. The first-order valence-corrected chi connectivity index (χ1v) is 6.38. The van der Waals surface area contributed by atoms with Gasteiger partial charge in [-0.1, -0.05) is 6.92 Å². The molecule has 0 spiro atoms. The van der Waals surface area contributed by atoms with Gasteiger partial charge in [-0.25, -0.2) is 0 Å². The number of aliphatic hydroxyl groups excluding tert-OH is 1. The van der Waals surface area contributed by atoms with Crippen LogP contribution in [-0.4, -0.2) is 14.9 Å². The zero-order valence-electron chi connectivity index (χ0n) is 11.1. The van der Waals surface area contributed by atoms with E-state index in [0.29, 0.717) is 12.5 Å². The molecule has 2 atom stereocenters. The van der Waals surface area contributed by atoms with Gasteiger partial charge in [0, 0.05) is 24.2 Å². The van der Waals surface area contributed by atoms with Crippen LogP contribution >= 0.6 is 0 Å². The highest BCUT2D eigenvalue weighted by Gasteiger charge is 2.15. The predicted molar refractivity (Wildman–Crippen MR) is 69.3 cm³/mol. The van der Waals surface area contributed by atoms with Crippen molar-refractivity contribution in [2.24, 2.45) is 0 Å². The maximum absolute atomic E-state index is 10.1. The minimum Gasteiger partial charge on any atom is -0.469 e. The van der Waals surface area contributed by atoms with Gasteiger partial charge in [0.25, 0.3) is 0 Å². The highest BCUT2D eigenvalue weighted by Crippen LogP contribution is 2.22. The van der Waals surface area contributed by atoms with E-state index >= 15 is 0 Å².